The molecular formula is C23H32N2O4S. The minimum atomic E-state index is -3.57. The summed E-state index contributed by atoms with van der Waals surface area (Å²) >= 11 is 0. The molecule has 0 fully saturated rings. The van der Waals surface area contributed by atoms with E-state index < -0.39 is 10.0 Å². The molecule has 2 aromatic carbocycles. The molecule has 1 atom stereocenters. The first-order valence-corrected chi connectivity index (χ1v) is 11.7. The van der Waals surface area contributed by atoms with Crippen molar-refractivity contribution >= 4 is 21.6 Å². The highest BCUT2D eigenvalue weighted by Crippen LogP contribution is 2.28. The van der Waals surface area contributed by atoms with Gasteiger partial charge in [0, 0.05) is 11.7 Å². The molecule has 2 aromatic rings. The largest absolute Gasteiger partial charge is 0.484 e. The Labute approximate surface area is 180 Å². The van der Waals surface area contributed by atoms with E-state index in [-0.39, 0.29) is 28.9 Å². The summed E-state index contributed by atoms with van der Waals surface area (Å²) in [5, 5.41) is 2.71. The topological polar surface area (TPSA) is 84.5 Å². The molecule has 6 nitrogen and oxygen atoms in total. The van der Waals surface area contributed by atoms with E-state index in [4.69, 9.17) is 4.74 Å². The molecule has 0 saturated heterocycles. The summed E-state index contributed by atoms with van der Waals surface area (Å²) in [6.45, 7) is 10.1. The van der Waals surface area contributed by atoms with Gasteiger partial charge in [-0.2, -0.15) is 0 Å². The van der Waals surface area contributed by atoms with Gasteiger partial charge in [0.1, 0.15) is 5.75 Å². The minimum absolute atomic E-state index is 0.0969. The van der Waals surface area contributed by atoms with Crippen molar-refractivity contribution in [3.63, 3.8) is 0 Å². The van der Waals surface area contributed by atoms with Gasteiger partial charge in [0.2, 0.25) is 10.0 Å². The predicted molar refractivity (Wildman–Crippen MR) is 120 cm³/mol. The maximum absolute atomic E-state index is 12.3. The molecule has 30 heavy (non-hydrogen) atoms. The van der Waals surface area contributed by atoms with E-state index in [2.05, 4.69) is 30.8 Å². The van der Waals surface area contributed by atoms with Gasteiger partial charge in [0.15, 0.2) is 6.61 Å². The Kier molecular flexibility index (Phi) is 8.03. The van der Waals surface area contributed by atoms with Crippen LogP contribution in [0.1, 0.15) is 53.0 Å². The number of anilines is 1. The second-order valence-electron chi connectivity index (χ2n) is 8.05. The van der Waals surface area contributed by atoms with Crippen molar-refractivity contribution in [3.8, 4) is 5.75 Å². The SMILES string of the molecule is CCC(C)NS(=O)(=O)c1ccc(NC(=O)COc2ccc(C(C)(C)CC)cc2)cc1. The van der Waals surface area contributed by atoms with Crippen molar-refractivity contribution in [2.45, 2.75) is 63.8 Å². The molecule has 0 radical (unpaired) electrons. The van der Waals surface area contributed by atoms with Crippen molar-refractivity contribution in [1.29, 1.82) is 0 Å². The number of benzene rings is 2. The van der Waals surface area contributed by atoms with Crippen LogP contribution in [-0.2, 0) is 20.2 Å². The van der Waals surface area contributed by atoms with E-state index in [9.17, 15) is 13.2 Å². The Morgan fingerprint density at radius 1 is 1.03 bits per heavy atom. The highest BCUT2D eigenvalue weighted by molar-refractivity contribution is 7.89. The number of rotatable bonds is 10. The molecule has 0 bridgehead atoms. The number of amides is 1. The van der Waals surface area contributed by atoms with Gasteiger partial charge in [0.25, 0.3) is 5.91 Å². The van der Waals surface area contributed by atoms with Gasteiger partial charge in [0.05, 0.1) is 4.90 Å². The van der Waals surface area contributed by atoms with Crippen molar-refractivity contribution < 1.29 is 17.9 Å². The van der Waals surface area contributed by atoms with Gasteiger partial charge < -0.3 is 10.1 Å². The van der Waals surface area contributed by atoms with Crippen molar-refractivity contribution in [1.82, 2.24) is 4.72 Å². The average molecular weight is 433 g/mol. The second-order valence-corrected chi connectivity index (χ2v) is 9.77. The van der Waals surface area contributed by atoms with Crippen molar-refractivity contribution in [3.05, 3.63) is 54.1 Å². The van der Waals surface area contributed by atoms with Crippen LogP contribution in [0.2, 0.25) is 0 Å². The lowest BCUT2D eigenvalue weighted by Gasteiger charge is -2.23. The number of sulfonamides is 1. The van der Waals surface area contributed by atoms with E-state index in [1.807, 2.05) is 38.1 Å². The first kappa shape index (κ1) is 23.9. The van der Waals surface area contributed by atoms with E-state index in [1.165, 1.54) is 17.7 Å². The van der Waals surface area contributed by atoms with E-state index in [0.29, 0.717) is 17.9 Å². The van der Waals surface area contributed by atoms with Gasteiger partial charge in [-0.25, -0.2) is 13.1 Å². The molecule has 0 heterocycles. The average Bonchev–Trinajstić information content (AvgIpc) is 2.72. The van der Waals surface area contributed by atoms with Crippen LogP contribution < -0.4 is 14.8 Å². The fourth-order valence-electron chi connectivity index (χ4n) is 2.69. The summed E-state index contributed by atoms with van der Waals surface area (Å²) in [6, 6.07) is 13.7. The van der Waals surface area contributed by atoms with E-state index in [1.54, 1.807) is 12.1 Å². The maximum Gasteiger partial charge on any atom is 0.262 e. The van der Waals surface area contributed by atoms with Crippen LogP contribution in [0.4, 0.5) is 5.69 Å². The fourth-order valence-corrected chi connectivity index (χ4v) is 4.01. The number of hydrogen-bond donors (Lipinski definition) is 2. The summed E-state index contributed by atoms with van der Waals surface area (Å²) in [6.07, 6.45) is 1.73. The molecule has 0 aliphatic rings. The highest BCUT2D eigenvalue weighted by atomic mass is 32.2. The number of carbonyl (C=O) groups is 1. The number of nitrogens with one attached hydrogen (secondary N) is 2. The van der Waals surface area contributed by atoms with Crippen LogP contribution in [0.25, 0.3) is 0 Å². The predicted octanol–water partition coefficient (Wildman–Crippen LogP) is 4.47. The molecule has 0 aliphatic heterocycles. The molecule has 1 unspecified atom stereocenters. The molecule has 0 saturated carbocycles. The Morgan fingerprint density at radius 3 is 2.17 bits per heavy atom. The van der Waals surface area contributed by atoms with Gasteiger partial charge in [-0.3, -0.25) is 4.79 Å². The Bertz CT molecular complexity index is 936. The zero-order chi connectivity index (χ0) is 22.4. The fraction of sp³-hybridized carbons (Fsp3) is 0.435. The molecule has 7 heteroatoms. The smallest absolute Gasteiger partial charge is 0.262 e. The molecule has 1 amide bonds. The normalized spacial score (nSPS) is 13.0. The lowest BCUT2D eigenvalue weighted by atomic mass is 9.82. The van der Waals surface area contributed by atoms with Gasteiger partial charge in [-0.15, -0.1) is 0 Å². The number of carbonyl (C=O) groups excluding carboxylic acids is 1. The maximum atomic E-state index is 12.3. The second kappa shape index (κ2) is 10.1. The Balaban J connectivity index is 1.91. The zero-order valence-corrected chi connectivity index (χ0v) is 19.2. The number of ether oxygens (including phenoxy) is 1. The Hall–Kier alpha value is -2.38. The third-order valence-corrected chi connectivity index (χ3v) is 6.91. The Morgan fingerprint density at radius 2 is 1.63 bits per heavy atom. The van der Waals surface area contributed by atoms with Crippen LogP contribution >= 0.6 is 0 Å². The molecular weight excluding hydrogens is 400 g/mol. The quantitative estimate of drug-likeness (QED) is 0.580. The monoisotopic (exact) mass is 432 g/mol. The van der Waals surface area contributed by atoms with E-state index >= 15 is 0 Å². The molecule has 0 aliphatic carbocycles. The molecule has 2 N–H and O–H groups in total. The van der Waals surface area contributed by atoms with Crippen molar-refractivity contribution in [2.75, 3.05) is 11.9 Å². The summed E-state index contributed by atoms with van der Waals surface area (Å²) in [5.41, 5.74) is 1.82. The summed E-state index contributed by atoms with van der Waals surface area (Å²) in [4.78, 5) is 12.3. The third-order valence-electron chi connectivity index (χ3n) is 5.31. The van der Waals surface area contributed by atoms with Crippen LogP contribution in [0.3, 0.4) is 0 Å². The van der Waals surface area contributed by atoms with E-state index in [0.717, 1.165) is 6.42 Å². The molecule has 2 rings (SSSR count). The first-order valence-electron chi connectivity index (χ1n) is 10.2. The summed E-state index contributed by atoms with van der Waals surface area (Å²) < 4.78 is 32.7. The molecule has 164 valence electrons. The van der Waals surface area contributed by atoms with Crippen LogP contribution in [0.15, 0.2) is 53.4 Å². The highest BCUT2D eigenvalue weighted by Gasteiger charge is 2.18. The third kappa shape index (κ3) is 6.57. The standard InChI is InChI=1S/C23H32N2O4S/c1-6-17(3)25-30(27,28)21-14-10-19(11-15-21)24-22(26)16-29-20-12-8-18(9-13-20)23(4,5)7-2/h8-15,17,25H,6-7,16H2,1-5H3,(H,24,26). The lowest BCUT2D eigenvalue weighted by Crippen LogP contribution is -2.31. The van der Waals surface area contributed by atoms with Gasteiger partial charge in [-0.05, 0) is 67.1 Å². The minimum Gasteiger partial charge on any atom is -0.484 e. The van der Waals surface area contributed by atoms with Crippen LogP contribution in [0.5, 0.6) is 5.75 Å². The molecule has 0 aromatic heterocycles. The summed E-state index contributed by atoms with van der Waals surface area (Å²) in [5.74, 6) is 0.305. The summed E-state index contributed by atoms with van der Waals surface area (Å²) in [7, 11) is -3.57. The van der Waals surface area contributed by atoms with Crippen LogP contribution in [-0.4, -0.2) is 27.0 Å². The van der Waals surface area contributed by atoms with Crippen molar-refractivity contribution in [2.24, 2.45) is 0 Å². The lowest BCUT2D eigenvalue weighted by molar-refractivity contribution is -0.118. The zero-order valence-electron chi connectivity index (χ0n) is 18.4. The first-order chi connectivity index (χ1) is 14.1. The molecule has 0 spiro atoms. The van der Waals surface area contributed by atoms with Gasteiger partial charge in [-0.1, -0.05) is 39.8 Å². The van der Waals surface area contributed by atoms with Crippen LogP contribution in [0, 0.1) is 0 Å². The van der Waals surface area contributed by atoms with Gasteiger partial charge >= 0.3 is 0 Å². The number of hydrogen-bond acceptors (Lipinski definition) is 4.